The van der Waals surface area contributed by atoms with Crippen LogP contribution in [0.1, 0.15) is 69.8 Å². The molecule has 2 amide bonds. The van der Waals surface area contributed by atoms with Gasteiger partial charge in [0, 0.05) is 30.6 Å². The van der Waals surface area contributed by atoms with E-state index in [9.17, 15) is 9.59 Å². The Morgan fingerprint density at radius 3 is 2.04 bits per heavy atom. The van der Waals surface area contributed by atoms with Crippen LogP contribution in [-0.4, -0.2) is 30.4 Å². The summed E-state index contributed by atoms with van der Waals surface area (Å²) < 4.78 is 0. The van der Waals surface area contributed by atoms with Gasteiger partial charge in [-0.3, -0.25) is 9.59 Å². The van der Waals surface area contributed by atoms with Gasteiger partial charge < -0.3 is 16.4 Å². The van der Waals surface area contributed by atoms with E-state index < -0.39 is 0 Å². The molecule has 0 unspecified atom stereocenters. The summed E-state index contributed by atoms with van der Waals surface area (Å²) in [6.07, 6.45) is 1.87. The quantitative estimate of drug-likeness (QED) is 0.676. The largest absolute Gasteiger partial charge is 0.354 e. The monoisotopic (exact) mass is 347 g/mol. The summed E-state index contributed by atoms with van der Waals surface area (Å²) in [5, 5.41) is 5.63. The average molecular weight is 348 g/mol. The van der Waals surface area contributed by atoms with Crippen LogP contribution in [0, 0.1) is 0 Å². The van der Waals surface area contributed by atoms with E-state index in [0.29, 0.717) is 18.7 Å². The van der Waals surface area contributed by atoms with Crippen molar-refractivity contribution >= 4 is 11.8 Å². The lowest BCUT2D eigenvalue weighted by Gasteiger charge is -2.26. The summed E-state index contributed by atoms with van der Waals surface area (Å²) in [6.45, 7) is 11.2. The minimum atomic E-state index is -0.353. The van der Waals surface area contributed by atoms with Gasteiger partial charge in [0.25, 0.3) is 5.91 Å². The average Bonchev–Trinajstić information content (AvgIpc) is 2.59. The van der Waals surface area contributed by atoms with Gasteiger partial charge in [0.2, 0.25) is 5.91 Å². The van der Waals surface area contributed by atoms with E-state index in [1.807, 2.05) is 38.1 Å². The summed E-state index contributed by atoms with van der Waals surface area (Å²) >= 11 is 0. The number of amides is 2. The SMILES string of the molecule is CCC(N)(CC)CNC(=O)CCNC(=O)c1ccc(C(C)(C)C)cc1. The maximum absolute atomic E-state index is 12.1. The smallest absolute Gasteiger partial charge is 0.251 e. The van der Waals surface area contributed by atoms with E-state index in [2.05, 4.69) is 31.4 Å². The second-order valence-electron chi connectivity index (χ2n) is 7.68. The molecule has 0 heterocycles. The van der Waals surface area contributed by atoms with Crippen LogP contribution >= 0.6 is 0 Å². The molecular formula is C20H33N3O2. The number of nitrogens with two attached hydrogens (primary N) is 1. The molecule has 0 aromatic heterocycles. The van der Waals surface area contributed by atoms with Crippen LogP contribution in [0.25, 0.3) is 0 Å². The third-order valence-electron chi connectivity index (χ3n) is 4.70. The van der Waals surface area contributed by atoms with Gasteiger partial charge in [-0.2, -0.15) is 0 Å². The lowest BCUT2D eigenvalue weighted by atomic mass is 9.87. The summed E-state index contributed by atoms with van der Waals surface area (Å²) in [6, 6.07) is 7.58. The molecule has 0 spiro atoms. The first-order valence-electron chi connectivity index (χ1n) is 9.05. The van der Waals surface area contributed by atoms with Gasteiger partial charge in [-0.1, -0.05) is 46.8 Å². The first-order chi connectivity index (χ1) is 11.6. The van der Waals surface area contributed by atoms with Crippen molar-refractivity contribution in [3.8, 4) is 0 Å². The third kappa shape index (κ3) is 6.86. The molecular weight excluding hydrogens is 314 g/mol. The Kier molecular flexibility index (Phi) is 7.61. The zero-order valence-electron chi connectivity index (χ0n) is 16.2. The minimum absolute atomic E-state index is 0.0578. The highest BCUT2D eigenvalue weighted by Crippen LogP contribution is 2.22. The van der Waals surface area contributed by atoms with E-state index in [-0.39, 0.29) is 29.2 Å². The third-order valence-corrected chi connectivity index (χ3v) is 4.70. The number of hydrogen-bond acceptors (Lipinski definition) is 3. The van der Waals surface area contributed by atoms with Crippen molar-refractivity contribution in [2.45, 2.75) is 64.8 Å². The summed E-state index contributed by atoms with van der Waals surface area (Å²) in [4.78, 5) is 24.0. The molecule has 140 valence electrons. The van der Waals surface area contributed by atoms with Crippen molar-refractivity contribution in [3.63, 3.8) is 0 Å². The van der Waals surface area contributed by atoms with Gasteiger partial charge in [-0.25, -0.2) is 0 Å². The van der Waals surface area contributed by atoms with Crippen molar-refractivity contribution in [2.24, 2.45) is 5.73 Å². The van der Waals surface area contributed by atoms with Crippen molar-refractivity contribution < 1.29 is 9.59 Å². The predicted octanol–water partition coefficient (Wildman–Crippen LogP) is 2.74. The molecule has 5 heteroatoms. The fourth-order valence-electron chi connectivity index (χ4n) is 2.38. The van der Waals surface area contributed by atoms with Gasteiger partial charge >= 0.3 is 0 Å². The van der Waals surface area contributed by atoms with Gasteiger partial charge in [0.15, 0.2) is 0 Å². The molecule has 0 saturated carbocycles. The molecule has 0 aliphatic heterocycles. The van der Waals surface area contributed by atoms with Crippen LogP contribution < -0.4 is 16.4 Å². The predicted molar refractivity (Wildman–Crippen MR) is 103 cm³/mol. The lowest BCUT2D eigenvalue weighted by molar-refractivity contribution is -0.121. The topological polar surface area (TPSA) is 84.2 Å². The normalized spacial score (nSPS) is 11.9. The van der Waals surface area contributed by atoms with E-state index in [1.165, 1.54) is 5.56 Å². The first kappa shape index (κ1) is 21.2. The maximum atomic E-state index is 12.1. The fraction of sp³-hybridized carbons (Fsp3) is 0.600. The first-order valence-corrected chi connectivity index (χ1v) is 9.05. The molecule has 0 atom stereocenters. The number of nitrogens with one attached hydrogen (secondary N) is 2. The van der Waals surface area contributed by atoms with Gasteiger partial charge in [-0.05, 0) is 36.0 Å². The second kappa shape index (κ2) is 8.99. The molecule has 1 rings (SSSR count). The van der Waals surface area contributed by atoms with Crippen LogP contribution in [0.3, 0.4) is 0 Å². The highest BCUT2D eigenvalue weighted by atomic mass is 16.2. The molecule has 0 bridgehead atoms. The van der Waals surface area contributed by atoms with E-state index in [0.717, 1.165) is 12.8 Å². The lowest BCUT2D eigenvalue weighted by Crippen LogP contribution is -2.49. The molecule has 1 aromatic carbocycles. The standard InChI is InChI=1S/C20H33N3O2/c1-6-20(21,7-2)14-23-17(24)12-13-22-18(25)15-8-10-16(11-9-15)19(3,4)5/h8-11H,6-7,12-14,21H2,1-5H3,(H,22,25)(H,23,24). The minimum Gasteiger partial charge on any atom is -0.354 e. The Balaban J connectivity index is 2.40. The molecule has 0 saturated heterocycles. The fourth-order valence-corrected chi connectivity index (χ4v) is 2.38. The Morgan fingerprint density at radius 2 is 1.56 bits per heavy atom. The zero-order valence-corrected chi connectivity index (χ0v) is 16.2. The molecule has 1 aromatic rings. The van der Waals surface area contributed by atoms with Crippen molar-refractivity contribution in [1.82, 2.24) is 10.6 Å². The number of carbonyl (C=O) groups excluding carboxylic acids is 2. The van der Waals surface area contributed by atoms with E-state index in [1.54, 1.807) is 0 Å². The maximum Gasteiger partial charge on any atom is 0.251 e. The van der Waals surface area contributed by atoms with Crippen molar-refractivity contribution in [1.29, 1.82) is 0 Å². The van der Waals surface area contributed by atoms with Crippen molar-refractivity contribution in [2.75, 3.05) is 13.1 Å². The second-order valence-corrected chi connectivity index (χ2v) is 7.68. The van der Waals surface area contributed by atoms with Gasteiger partial charge in [0.1, 0.15) is 0 Å². The molecule has 4 N–H and O–H groups in total. The molecule has 0 fully saturated rings. The number of carbonyl (C=O) groups is 2. The summed E-state index contributed by atoms with van der Waals surface area (Å²) in [5.74, 6) is -0.261. The van der Waals surface area contributed by atoms with Crippen molar-refractivity contribution in [3.05, 3.63) is 35.4 Å². The van der Waals surface area contributed by atoms with Crippen LogP contribution in [0.4, 0.5) is 0 Å². The zero-order chi connectivity index (χ0) is 19.1. The Hall–Kier alpha value is -1.88. The summed E-state index contributed by atoms with van der Waals surface area (Å²) in [5.41, 5.74) is 7.64. The molecule has 0 aliphatic rings. The van der Waals surface area contributed by atoms with E-state index >= 15 is 0 Å². The molecule has 25 heavy (non-hydrogen) atoms. The summed E-state index contributed by atoms with van der Waals surface area (Å²) in [7, 11) is 0. The molecule has 0 aliphatic carbocycles. The Bertz CT molecular complexity index is 570. The van der Waals surface area contributed by atoms with Gasteiger partial charge in [0.05, 0.1) is 0 Å². The number of rotatable bonds is 8. The number of hydrogen-bond donors (Lipinski definition) is 3. The molecule has 0 radical (unpaired) electrons. The Morgan fingerprint density at radius 1 is 1.00 bits per heavy atom. The van der Waals surface area contributed by atoms with E-state index in [4.69, 9.17) is 5.73 Å². The highest BCUT2D eigenvalue weighted by Gasteiger charge is 2.20. The van der Waals surface area contributed by atoms with Crippen LogP contribution in [0.5, 0.6) is 0 Å². The Labute approximate surface area is 151 Å². The van der Waals surface area contributed by atoms with Crippen LogP contribution in [-0.2, 0) is 10.2 Å². The van der Waals surface area contributed by atoms with Crippen LogP contribution in [0.15, 0.2) is 24.3 Å². The highest BCUT2D eigenvalue weighted by molar-refractivity contribution is 5.94. The van der Waals surface area contributed by atoms with Crippen LogP contribution in [0.2, 0.25) is 0 Å². The molecule has 5 nitrogen and oxygen atoms in total. The van der Waals surface area contributed by atoms with Gasteiger partial charge in [-0.15, -0.1) is 0 Å². The number of benzene rings is 1.